The third kappa shape index (κ3) is 3.40. The molecule has 0 bridgehead atoms. The fraction of sp³-hybridized carbons (Fsp3) is 0.300. The van der Waals surface area contributed by atoms with Crippen molar-refractivity contribution >= 4 is 28.8 Å². The van der Waals surface area contributed by atoms with E-state index in [9.17, 15) is 9.59 Å². The second-order valence-corrected chi connectivity index (χ2v) is 7.16. The van der Waals surface area contributed by atoms with E-state index in [1.54, 1.807) is 22.8 Å². The molecule has 2 aromatic heterocycles. The molecule has 9 nitrogen and oxygen atoms in total. The maximum Gasteiger partial charge on any atom is 0.275 e. The molecule has 1 fully saturated rings. The molecule has 1 aliphatic rings. The maximum atomic E-state index is 12.2. The van der Waals surface area contributed by atoms with Crippen LogP contribution < -0.4 is 16.5 Å². The standard InChI is InChI=1S/C20H22N6O3/c1-10-13(20(28)25-29-3)5-4-6-15(10)22-19-16-11(2)14(17(21)27)9-26(16)24-18(23-19)12-7-8-12/h4-6,9,12H,7-8H2,1-3H3,(H2,21,27)(H,25,28)(H,22,23,24). The quantitative estimate of drug-likeness (QED) is 0.552. The zero-order valence-corrected chi connectivity index (χ0v) is 16.4. The van der Waals surface area contributed by atoms with Crippen LogP contribution in [0.5, 0.6) is 0 Å². The number of aryl methyl sites for hydroxylation is 1. The van der Waals surface area contributed by atoms with Gasteiger partial charge in [0, 0.05) is 23.4 Å². The highest BCUT2D eigenvalue weighted by Gasteiger charge is 2.29. The minimum Gasteiger partial charge on any atom is -0.366 e. The first-order chi connectivity index (χ1) is 13.9. The number of fused-ring (bicyclic) bond motifs is 1. The van der Waals surface area contributed by atoms with Gasteiger partial charge in [0.1, 0.15) is 5.52 Å². The summed E-state index contributed by atoms with van der Waals surface area (Å²) in [5, 5.41) is 7.90. The summed E-state index contributed by atoms with van der Waals surface area (Å²) < 4.78 is 1.66. The molecule has 0 unspecified atom stereocenters. The summed E-state index contributed by atoms with van der Waals surface area (Å²) in [6.45, 7) is 3.66. The molecule has 2 amide bonds. The Morgan fingerprint density at radius 2 is 1.97 bits per heavy atom. The molecule has 0 atom stereocenters. The van der Waals surface area contributed by atoms with E-state index in [1.165, 1.54) is 7.11 Å². The average Bonchev–Trinajstić information content (AvgIpc) is 3.47. The number of hydrogen-bond acceptors (Lipinski definition) is 6. The Balaban J connectivity index is 1.83. The molecule has 29 heavy (non-hydrogen) atoms. The van der Waals surface area contributed by atoms with Crippen molar-refractivity contribution in [3.05, 3.63) is 52.5 Å². The smallest absolute Gasteiger partial charge is 0.275 e. The van der Waals surface area contributed by atoms with E-state index in [-0.39, 0.29) is 5.91 Å². The molecule has 0 spiro atoms. The second kappa shape index (κ2) is 7.17. The summed E-state index contributed by atoms with van der Waals surface area (Å²) in [6.07, 6.45) is 3.72. The van der Waals surface area contributed by atoms with Crippen LogP contribution in [-0.2, 0) is 4.84 Å². The zero-order chi connectivity index (χ0) is 20.7. The number of amides is 2. The largest absolute Gasteiger partial charge is 0.366 e. The summed E-state index contributed by atoms with van der Waals surface area (Å²) in [4.78, 5) is 33.5. The molecule has 4 rings (SSSR count). The van der Waals surface area contributed by atoms with Crippen molar-refractivity contribution in [1.29, 1.82) is 0 Å². The van der Waals surface area contributed by atoms with Crippen LogP contribution in [0.4, 0.5) is 11.5 Å². The molecule has 1 aliphatic carbocycles. The number of anilines is 2. The van der Waals surface area contributed by atoms with Gasteiger partial charge >= 0.3 is 0 Å². The Bertz CT molecular complexity index is 1130. The van der Waals surface area contributed by atoms with E-state index >= 15 is 0 Å². The summed E-state index contributed by atoms with van der Waals surface area (Å²) in [5.41, 5.74) is 11.6. The molecule has 0 radical (unpaired) electrons. The minimum absolute atomic E-state index is 0.319. The first kappa shape index (κ1) is 18.9. The number of nitrogens with zero attached hydrogens (tertiary/aromatic N) is 3. The van der Waals surface area contributed by atoms with E-state index in [2.05, 4.69) is 15.9 Å². The Labute approximate surface area is 167 Å². The summed E-state index contributed by atoms with van der Waals surface area (Å²) in [6, 6.07) is 5.36. The van der Waals surface area contributed by atoms with Crippen molar-refractivity contribution in [3.8, 4) is 0 Å². The van der Waals surface area contributed by atoms with Gasteiger partial charge in [-0.15, -0.1) is 0 Å². The van der Waals surface area contributed by atoms with Gasteiger partial charge in [-0.1, -0.05) is 6.07 Å². The molecule has 0 aliphatic heterocycles. The highest BCUT2D eigenvalue weighted by molar-refractivity contribution is 5.99. The van der Waals surface area contributed by atoms with Crippen molar-refractivity contribution < 1.29 is 14.4 Å². The normalized spacial score (nSPS) is 13.5. The third-order valence-electron chi connectivity index (χ3n) is 5.13. The molecule has 2 heterocycles. The van der Waals surface area contributed by atoms with E-state index in [4.69, 9.17) is 15.6 Å². The molecule has 0 saturated heterocycles. The van der Waals surface area contributed by atoms with E-state index < -0.39 is 5.91 Å². The summed E-state index contributed by atoms with van der Waals surface area (Å²) in [7, 11) is 1.39. The Hall–Kier alpha value is -3.46. The van der Waals surface area contributed by atoms with Crippen LogP contribution in [0.15, 0.2) is 24.4 Å². The molecule has 1 aromatic carbocycles. The van der Waals surface area contributed by atoms with Crippen LogP contribution in [-0.4, -0.2) is 33.5 Å². The van der Waals surface area contributed by atoms with Crippen molar-refractivity contribution in [2.45, 2.75) is 32.6 Å². The molecule has 3 aromatic rings. The Morgan fingerprint density at radius 1 is 1.21 bits per heavy atom. The summed E-state index contributed by atoms with van der Waals surface area (Å²) >= 11 is 0. The summed E-state index contributed by atoms with van der Waals surface area (Å²) in [5.74, 6) is 0.757. The number of nitrogens with one attached hydrogen (secondary N) is 2. The van der Waals surface area contributed by atoms with Crippen LogP contribution in [0.25, 0.3) is 5.52 Å². The topological polar surface area (TPSA) is 124 Å². The number of rotatable bonds is 6. The number of hydroxylamine groups is 1. The molecular formula is C20H22N6O3. The SMILES string of the molecule is CONC(=O)c1cccc(Nc2nc(C3CC3)nn3cc(C(N)=O)c(C)c23)c1C. The van der Waals surface area contributed by atoms with Gasteiger partial charge in [-0.3, -0.25) is 14.4 Å². The van der Waals surface area contributed by atoms with Gasteiger partial charge < -0.3 is 11.1 Å². The highest BCUT2D eigenvalue weighted by atomic mass is 16.6. The van der Waals surface area contributed by atoms with Crippen LogP contribution in [0, 0.1) is 13.8 Å². The van der Waals surface area contributed by atoms with Gasteiger partial charge in [0.15, 0.2) is 11.6 Å². The van der Waals surface area contributed by atoms with Gasteiger partial charge in [0.05, 0.1) is 12.7 Å². The van der Waals surface area contributed by atoms with Crippen LogP contribution >= 0.6 is 0 Å². The van der Waals surface area contributed by atoms with Crippen molar-refractivity contribution in [2.75, 3.05) is 12.4 Å². The number of primary amides is 1. The van der Waals surface area contributed by atoms with Crippen LogP contribution in [0.3, 0.4) is 0 Å². The lowest BCUT2D eigenvalue weighted by molar-refractivity contribution is 0.0537. The van der Waals surface area contributed by atoms with Crippen LogP contribution in [0.1, 0.15) is 56.4 Å². The second-order valence-electron chi connectivity index (χ2n) is 7.16. The third-order valence-corrected chi connectivity index (χ3v) is 5.13. The number of hydrogen-bond donors (Lipinski definition) is 3. The Morgan fingerprint density at radius 3 is 2.62 bits per heavy atom. The lowest BCUT2D eigenvalue weighted by Gasteiger charge is -2.14. The van der Waals surface area contributed by atoms with Gasteiger partial charge in [-0.25, -0.2) is 15.0 Å². The molecule has 9 heteroatoms. The van der Waals surface area contributed by atoms with E-state index in [0.29, 0.717) is 33.9 Å². The monoisotopic (exact) mass is 394 g/mol. The van der Waals surface area contributed by atoms with E-state index in [0.717, 1.165) is 29.9 Å². The zero-order valence-electron chi connectivity index (χ0n) is 16.4. The van der Waals surface area contributed by atoms with E-state index in [1.807, 2.05) is 19.9 Å². The molecule has 150 valence electrons. The first-order valence-electron chi connectivity index (χ1n) is 9.30. The number of carbonyl (C=O) groups excluding carboxylic acids is 2. The number of aromatic nitrogens is 3. The molecular weight excluding hydrogens is 372 g/mol. The van der Waals surface area contributed by atoms with Crippen molar-refractivity contribution in [2.24, 2.45) is 5.73 Å². The van der Waals surface area contributed by atoms with Gasteiger partial charge in [0.25, 0.3) is 11.8 Å². The first-order valence-corrected chi connectivity index (χ1v) is 9.30. The highest BCUT2D eigenvalue weighted by Crippen LogP contribution is 2.39. The molecule has 1 saturated carbocycles. The predicted octanol–water partition coefficient (Wildman–Crippen LogP) is 2.36. The number of benzene rings is 1. The van der Waals surface area contributed by atoms with Crippen molar-refractivity contribution in [1.82, 2.24) is 20.1 Å². The number of nitrogens with two attached hydrogens (primary N) is 1. The molecule has 4 N–H and O–H groups in total. The maximum absolute atomic E-state index is 12.2. The average molecular weight is 394 g/mol. The van der Waals surface area contributed by atoms with Gasteiger partial charge in [0.2, 0.25) is 0 Å². The van der Waals surface area contributed by atoms with Gasteiger partial charge in [-0.2, -0.15) is 5.10 Å². The number of carbonyl (C=O) groups is 2. The van der Waals surface area contributed by atoms with Crippen molar-refractivity contribution in [3.63, 3.8) is 0 Å². The minimum atomic E-state index is -0.513. The fourth-order valence-electron chi connectivity index (χ4n) is 3.39. The predicted molar refractivity (Wildman–Crippen MR) is 107 cm³/mol. The lowest BCUT2D eigenvalue weighted by Crippen LogP contribution is -2.22. The fourth-order valence-corrected chi connectivity index (χ4v) is 3.39. The Kier molecular flexibility index (Phi) is 4.67. The van der Waals surface area contributed by atoms with Crippen LogP contribution in [0.2, 0.25) is 0 Å². The lowest BCUT2D eigenvalue weighted by atomic mass is 10.1. The van der Waals surface area contributed by atoms with Gasteiger partial charge in [-0.05, 0) is 49.9 Å².